The van der Waals surface area contributed by atoms with Crippen molar-refractivity contribution in [2.75, 3.05) is 6.61 Å². The lowest BCUT2D eigenvalue weighted by Gasteiger charge is -2.20. The summed E-state index contributed by atoms with van der Waals surface area (Å²) in [4.78, 5) is 4.17. The zero-order valence-corrected chi connectivity index (χ0v) is 11.3. The van der Waals surface area contributed by atoms with Gasteiger partial charge in [-0.2, -0.15) is 0 Å². The fraction of sp³-hybridized carbons (Fsp3) is 0.438. The van der Waals surface area contributed by atoms with Gasteiger partial charge in [-0.3, -0.25) is 4.98 Å². The number of ether oxygens (including phenoxy) is 1. The fourth-order valence-corrected chi connectivity index (χ4v) is 2.74. The van der Waals surface area contributed by atoms with Gasteiger partial charge in [0.2, 0.25) is 0 Å². The van der Waals surface area contributed by atoms with E-state index in [4.69, 9.17) is 4.74 Å². The lowest BCUT2D eigenvalue weighted by Crippen LogP contribution is -2.36. The van der Waals surface area contributed by atoms with Crippen molar-refractivity contribution in [3.8, 4) is 0 Å². The highest BCUT2D eigenvalue weighted by Crippen LogP contribution is 2.19. The van der Waals surface area contributed by atoms with Crippen LogP contribution in [0.5, 0.6) is 0 Å². The second-order valence-electron chi connectivity index (χ2n) is 5.23. The molecule has 1 saturated heterocycles. The number of nitrogens with zero attached hydrogens (tertiary/aromatic N) is 1. The van der Waals surface area contributed by atoms with Crippen molar-refractivity contribution in [3.63, 3.8) is 0 Å². The molecule has 2 aromatic rings. The minimum atomic E-state index is 0.372. The van der Waals surface area contributed by atoms with Crippen molar-refractivity contribution in [2.24, 2.45) is 0 Å². The van der Waals surface area contributed by atoms with Gasteiger partial charge in [0, 0.05) is 37.0 Å². The summed E-state index contributed by atoms with van der Waals surface area (Å²) in [6.45, 7) is 4.00. The van der Waals surface area contributed by atoms with E-state index in [1.165, 1.54) is 29.2 Å². The first-order valence-electron chi connectivity index (χ1n) is 7.01. The standard InChI is InChI=1S/C16H20N2O/c1-12(16-6-3-9-19-16)18-11-14-5-2-4-13-10-17-8-7-15(13)14/h2,4-5,7-8,10,12,16,18H,3,6,9,11H2,1H3. The predicted octanol–water partition coefficient (Wildman–Crippen LogP) is 2.89. The first-order chi connectivity index (χ1) is 9.34. The Kier molecular flexibility index (Phi) is 3.76. The third-order valence-electron chi connectivity index (χ3n) is 3.91. The van der Waals surface area contributed by atoms with Gasteiger partial charge in [-0.15, -0.1) is 0 Å². The normalized spacial score (nSPS) is 20.8. The van der Waals surface area contributed by atoms with Gasteiger partial charge in [0.25, 0.3) is 0 Å². The molecule has 3 rings (SSSR count). The van der Waals surface area contributed by atoms with E-state index in [1.54, 1.807) is 0 Å². The molecule has 1 aliphatic rings. The molecule has 0 saturated carbocycles. The summed E-state index contributed by atoms with van der Waals surface area (Å²) < 4.78 is 5.72. The molecule has 1 aromatic heterocycles. The number of hydrogen-bond acceptors (Lipinski definition) is 3. The molecule has 0 bridgehead atoms. The molecule has 0 radical (unpaired) electrons. The highest BCUT2D eigenvalue weighted by atomic mass is 16.5. The van der Waals surface area contributed by atoms with Crippen LogP contribution in [-0.2, 0) is 11.3 Å². The Morgan fingerprint density at radius 3 is 3.21 bits per heavy atom. The number of rotatable bonds is 4. The predicted molar refractivity (Wildman–Crippen MR) is 77.0 cm³/mol. The quantitative estimate of drug-likeness (QED) is 0.913. The van der Waals surface area contributed by atoms with Crippen molar-refractivity contribution in [3.05, 3.63) is 42.2 Å². The Balaban J connectivity index is 1.71. The second-order valence-corrected chi connectivity index (χ2v) is 5.23. The van der Waals surface area contributed by atoms with Crippen LogP contribution in [0.1, 0.15) is 25.3 Å². The molecule has 2 atom stereocenters. The maximum Gasteiger partial charge on any atom is 0.0726 e. The van der Waals surface area contributed by atoms with Crippen LogP contribution in [0.15, 0.2) is 36.7 Å². The average Bonchev–Trinajstić information content (AvgIpc) is 2.99. The summed E-state index contributed by atoms with van der Waals surface area (Å²) in [5.74, 6) is 0. The Morgan fingerprint density at radius 1 is 1.42 bits per heavy atom. The molecule has 0 amide bonds. The van der Waals surface area contributed by atoms with Crippen LogP contribution in [0.2, 0.25) is 0 Å². The van der Waals surface area contributed by atoms with E-state index in [0.29, 0.717) is 12.1 Å². The summed E-state index contributed by atoms with van der Waals surface area (Å²) in [5.41, 5.74) is 1.32. The number of nitrogens with one attached hydrogen (secondary N) is 1. The van der Waals surface area contributed by atoms with Crippen LogP contribution in [0.4, 0.5) is 0 Å². The molecule has 3 heteroatoms. The molecule has 2 unspecified atom stereocenters. The van der Waals surface area contributed by atoms with Crippen LogP contribution >= 0.6 is 0 Å². The molecule has 1 N–H and O–H groups in total. The van der Waals surface area contributed by atoms with Gasteiger partial charge in [0.15, 0.2) is 0 Å². The molecule has 19 heavy (non-hydrogen) atoms. The maximum atomic E-state index is 5.72. The van der Waals surface area contributed by atoms with Crippen LogP contribution in [0.3, 0.4) is 0 Å². The third kappa shape index (κ3) is 2.77. The number of benzene rings is 1. The van der Waals surface area contributed by atoms with Gasteiger partial charge >= 0.3 is 0 Å². The Bertz CT molecular complexity index is 544. The first kappa shape index (κ1) is 12.6. The maximum absolute atomic E-state index is 5.72. The van der Waals surface area contributed by atoms with Crippen LogP contribution in [0.25, 0.3) is 10.8 Å². The van der Waals surface area contributed by atoms with Gasteiger partial charge in [-0.05, 0) is 36.8 Å². The number of hydrogen-bond donors (Lipinski definition) is 1. The molecular formula is C16H20N2O. The van der Waals surface area contributed by atoms with E-state index < -0.39 is 0 Å². The molecule has 0 spiro atoms. The molecular weight excluding hydrogens is 236 g/mol. The van der Waals surface area contributed by atoms with E-state index in [0.717, 1.165) is 13.2 Å². The molecule has 3 nitrogen and oxygen atoms in total. The zero-order valence-electron chi connectivity index (χ0n) is 11.3. The molecule has 1 aromatic carbocycles. The molecule has 0 aliphatic carbocycles. The Labute approximate surface area is 114 Å². The van der Waals surface area contributed by atoms with E-state index in [9.17, 15) is 0 Å². The smallest absolute Gasteiger partial charge is 0.0726 e. The van der Waals surface area contributed by atoms with E-state index >= 15 is 0 Å². The monoisotopic (exact) mass is 256 g/mol. The van der Waals surface area contributed by atoms with Crippen LogP contribution in [0, 0.1) is 0 Å². The van der Waals surface area contributed by atoms with Gasteiger partial charge < -0.3 is 10.1 Å². The second kappa shape index (κ2) is 5.68. The van der Waals surface area contributed by atoms with Crippen molar-refractivity contribution in [1.82, 2.24) is 10.3 Å². The van der Waals surface area contributed by atoms with Crippen molar-refractivity contribution < 1.29 is 4.74 Å². The largest absolute Gasteiger partial charge is 0.377 e. The summed E-state index contributed by atoms with van der Waals surface area (Å²) in [6, 6.07) is 8.87. The lowest BCUT2D eigenvalue weighted by atomic mass is 10.1. The van der Waals surface area contributed by atoms with Crippen LogP contribution < -0.4 is 5.32 Å². The summed E-state index contributed by atoms with van der Waals surface area (Å²) in [6.07, 6.45) is 6.51. The SMILES string of the molecule is CC(NCc1cccc2cnccc12)C1CCCO1. The van der Waals surface area contributed by atoms with Gasteiger partial charge in [-0.25, -0.2) is 0 Å². The number of pyridine rings is 1. The van der Waals surface area contributed by atoms with Crippen molar-refractivity contribution >= 4 is 10.8 Å². The third-order valence-corrected chi connectivity index (χ3v) is 3.91. The van der Waals surface area contributed by atoms with Crippen molar-refractivity contribution in [1.29, 1.82) is 0 Å². The fourth-order valence-electron chi connectivity index (χ4n) is 2.74. The topological polar surface area (TPSA) is 34.2 Å². The average molecular weight is 256 g/mol. The van der Waals surface area contributed by atoms with Gasteiger partial charge in [0.1, 0.15) is 0 Å². The number of fused-ring (bicyclic) bond motifs is 1. The first-order valence-corrected chi connectivity index (χ1v) is 7.01. The summed E-state index contributed by atoms with van der Waals surface area (Å²) in [5, 5.41) is 6.07. The molecule has 1 aliphatic heterocycles. The minimum Gasteiger partial charge on any atom is -0.377 e. The highest BCUT2D eigenvalue weighted by Gasteiger charge is 2.21. The molecule has 100 valence electrons. The van der Waals surface area contributed by atoms with E-state index in [1.807, 2.05) is 12.4 Å². The van der Waals surface area contributed by atoms with E-state index in [-0.39, 0.29) is 0 Å². The highest BCUT2D eigenvalue weighted by molar-refractivity contribution is 5.84. The van der Waals surface area contributed by atoms with Gasteiger partial charge in [-0.1, -0.05) is 18.2 Å². The Hall–Kier alpha value is -1.45. The van der Waals surface area contributed by atoms with Crippen LogP contribution in [-0.4, -0.2) is 23.7 Å². The molecule has 1 fully saturated rings. The Morgan fingerprint density at radius 2 is 2.37 bits per heavy atom. The van der Waals surface area contributed by atoms with Gasteiger partial charge in [0.05, 0.1) is 6.10 Å². The van der Waals surface area contributed by atoms with E-state index in [2.05, 4.69) is 41.5 Å². The zero-order chi connectivity index (χ0) is 13.1. The molecule has 2 heterocycles. The van der Waals surface area contributed by atoms with Crippen molar-refractivity contribution in [2.45, 2.75) is 38.5 Å². The lowest BCUT2D eigenvalue weighted by molar-refractivity contribution is 0.0832. The summed E-state index contributed by atoms with van der Waals surface area (Å²) in [7, 11) is 0. The summed E-state index contributed by atoms with van der Waals surface area (Å²) >= 11 is 0. The minimum absolute atomic E-state index is 0.372. The number of aromatic nitrogens is 1.